The van der Waals surface area contributed by atoms with Crippen LogP contribution in [0.25, 0.3) is 0 Å². The molecule has 0 aromatic heterocycles. The predicted molar refractivity (Wildman–Crippen MR) is 84.4 cm³/mol. The lowest BCUT2D eigenvalue weighted by molar-refractivity contribution is 0.388. The van der Waals surface area contributed by atoms with Crippen molar-refractivity contribution in [3.05, 3.63) is 29.8 Å². The van der Waals surface area contributed by atoms with Gasteiger partial charge in [-0.1, -0.05) is 51.7 Å². The van der Waals surface area contributed by atoms with Crippen LogP contribution in [0.3, 0.4) is 0 Å². The SMILES string of the molecule is CCCCC(CC)CC(N)c1cccc(S(C)(=O)=O)c1. The standard InChI is InChI=1S/C16H27NO2S/c1-4-6-8-13(5-2)11-16(17)14-9-7-10-15(12-14)20(3,18)19/h7,9-10,12-13,16H,4-6,8,11,17H2,1-3H3. The molecule has 1 aromatic carbocycles. The summed E-state index contributed by atoms with van der Waals surface area (Å²) in [5, 5.41) is 0. The Hall–Kier alpha value is -0.870. The second-order valence-corrected chi connectivity index (χ2v) is 7.62. The monoisotopic (exact) mass is 297 g/mol. The number of hydrogen-bond acceptors (Lipinski definition) is 3. The Labute approximate surface area is 123 Å². The lowest BCUT2D eigenvalue weighted by Gasteiger charge is -2.20. The van der Waals surface area contributed by atoms with Crippen molar-refractivity contribution in [2.45, 2.75) is 56.9 Å². The van der Waals surface area contributed by atoms with Crippen molar-refractivity contribution in [2.24, 2.45) is 11.7 Å². The highest BCUT2D eigenvalue weighted by Crippen LogP contribution is 2.26. The molecular weight excluding hydrogens is 270 g/mol. The van der Waals surface area contributed by atoms with Crippen LogP contribution in [0.2, 0.25) is 0 Å². The van der Waals surface area contributed by atoms with Gasteiger partial charge in [0.25, 0.3) is 0 Å². The zero-order valence-electron chi connectivity index (χ0n) is 12.8. The smallest absolute Gasteiger partial charge is 0.175 e. The maximum atomic E-state index is 11.6. The lowest BCUT2D eigenvalue weighted by atomic mass is 9.90. The molecule has 2 N–H and O–H groups in total. The van der Waals surface area contributed by atoms with Gasteiger partial charge in [-0.25, -0.2) is 8.42 Å². The van der Waals surface area contributed by atoms with Gasteiger partial charge in [0.15, 0.2) is 9.84 Å². The quantitative estimate of drug-likeness (QED) is 0.796. The fourth-order valence-corrected chi connectivity index (χ4v) is 3.13. The Morgan fingerprint density at radius 3 is 2.50 bits per heavy atom. The number of sulfone groups is 1. The van der Waals surface area contributed by atoms with E-state index in [1.165, 1.54) is 25.5 Å². The molecule has 0 spiro atoms. The largest absolute Gasteiger partial charge is 0.324 e. The van der Waals surface area contributed by atoms with E-state index in [1.807, 2.05) is 6.07 Å². The van der Waals surface area contributed by atoms with E-state index in [9.17, 15) is 8.42 Å². The van der Waals surface area contributed by atoms with Crippen LogP contribution in [0.4, 0.5) is 0 Å². The maximum absolute atomic E-state index is 11.6. The van der Waals surface area contributed by atoms with E-state index in [1.54, 1.807) is 18.2 Å². The van der Waals surface area contributed by atoms with Crippen LogP contribution in [0.1, 0.15) is 57.6 Å². The van der Waals surface area contributed by atoms with Gasteiger partial charge in [-0.2, -0.15) is 0 Å². The summed E-state index contributed by atoms with van der Waals surface area (Å²) in [6.45, 7) is 4.39. The first-order valence-electron chi connectivity index (χ1n) is 7.44. The Kier molecular flexibility index (Phi) is 6.69. The molecule has 0 aliphatic heterocycles. The second-order valence-electron chi connectivity index (χ2n) is 5.60. The third-order valence-electron chi connectivity index (χ3n) is 3.84. The van der Waals surface area contributed by atoms with Crippen molar-refractivity contribution >= 4 is 9.84 Å². The molecule has 1 rings (SSSR count). The average molecular weight is 297 g/mol. The predicted octanol–water partition coefficient (Wildman–Crippen LogP) is 3.70. The summed E-state index contributed by atoms with van der Waals surface area (Å²) in [6.07, 6.45) is 6.91. The molecule has 3 nitrogen and oxygen atoms in total. The Morgan fingerprint density at radius 1 is 1.25 bits per heavy atom. The zero-order valence-corrected chi connectivity index (χ0v) is 13.6. The van der Waals surface area contributed by atoms with Crippen LogP contribution in [-0.2, 0) is 9.84 Å². The van der Waals surface area contributed by atoms with Gasteiger partial charge in [-0.15, -0.1) is 0 Å². The summed E-state index contributed by atoms with van der Waals surface area (Å²) in [4.78, 5) is 0.354. The van der Waals surface area contributed by atoms with Gasteiger partial charge in [0.2, 0.25) is 0 Å². The van der Waals surface area contributed by atoms with Crippen molar-refractivity contribution < 1.29 is 8.42 Å². The van der Waals surface area contributed by atoms with Gasteiger partial charge < -0.3 is 5.73 Å². The molecule has 0 saturated carbocycles. The van der Waals surface area contributed by atoms with E-state index >= 15 is 0 Å². The molecule has 0 saturated heterocycles. The van der Waals surface area contributed by atoms with Crippen molar-refractivity contribution in [1.29, 1.82) is 0 Å². The molecule has 0 amide bonds. The second kappa shape index (κ2) is 7.79. The minimum absolute atomic E-state index is 0.0847. The number of hydrogen-bond donors (Lipinski definition) is 1. The molecule has 1 aromatic rings. The Balaban J connectivity index is 2.79. The van der Waals surface area contributed by atoms with Gasteiger partial charge in [0.05, 0.1) is 4.90 Å². The van der Waals surface area contributed by atoms with Crippen molar-refractivity contribution in [2.75, 3.05) is 6.26 Å². The molecule has 0 radical (unpaired) electrons. The van der Waals surface area contributed by atoms with Crippen LogP contribution >= 0.6 is 0 Å². The summed E-state index contributed by atoms with van der Waals surface area (Å²) in [5.41, 5.74) is 7.18. The van der Waals surface area contributed by atoms with Crippen LogP contribution < -0.4 is 5.73 Å². The first-order valence-corrected chi connectivity index (χ1v) is 9.33. The summed E-state index contributed by atoms with van der Waals surface area (Å²) in [7, 11) is -3.16. The molecular formula is C16H27NO2S. The third kappa shape index (κ3) is 5.25. The van der Waals surface area contributed by atoms with Crippen LogP contribution in [-0.4, -0.2) is 14.7 Å². The molecule has 0 fully saturated rings. The van der Waals surface area contributed by atoms with Crippen molar-refractivity contribution in [3.8, 4) is 0 Å². The summed E-state index contributed by atoms with van der Waals surface area (Å²) >= 11 is 0. The molecule has 0 aliphatic rings. The highest BCUT2D eigenvalue weighted by atomic mass is 32.2. The number of nitrogens with two attached hydrogens (primary N) is 1. The molecule has 2 atom stereocenters. The topological polar surface area (TPSA) is 60.2 Å². The molecule has 4 heteroatoms. The van der Waals surface area contributed by atoms with Crippen LogP contribution in [0, 0.1) is 5.92 Å². The van der Waals surface area contributed by atoms with E-state index in [0.29, 0.717) is 10.8 Å². The highest BCUT2D eigenvalue weighted by molar-refractivity contribution is 7.90. The van der Waals surface area contributed by atoms with Gasteiger partial charge in [-0.05, 0) is 30.0 Å². The maximum Gasteiger partial charge on any atom is 0.175 e. The normalized spacial score (nSPS) is 15.0. The number of unbranched alkanes of at least 4 members (excludes halogenated alkanes) is 1. The third-order valence-corrected chi connectivity index (χ3v) is 4.96. The van der Waals surface area contributed by atoms with E-state index in [0.717, 1.165) is 18.4 Å². The fourth-order valence-electron chi connectivity index (χ4n) is 2.45. The molecule has 114 valence electrons. The minimum Gasteiger partial charge on any atom is -0.324 e. The van der Waals surface area contributed by atoms with Crippen molar-refractivity contribution in [3.63, 3.8) is 0 Å². The van der Waals surface area contributed by atoms with Crippen molar-refractivity contribution in [1.82, 2.24) is 0 Å². The molecule has 0 aliphatic carbocycles. The molecule has 2 unspecified atom stereocenters. The number of rotatable bonds is 8. The first kappa shape index (κ1) is 17.2. The Bertz CT molecular complexity index is 511. The average Bonchev–Trinajstić information content (AvgIpc) is 2.42. The fraction of sp³-hybridized carbons (Fsp3) is 0.625. The van der Waals surface area contributed by atoms with Gasteiger partial charge in [0.1, 0.15) is 0 Å². The van der Waals surface area contributed by atoms with Crippen LogP contribution in [0.5, 0.6) is 0 Å². The minimum atomic E-state index is -3.16. The zero-order chi connectivity index (χ0) is 15.2. The molecule has 0 heterocycles. The van der Waals surface area contributed by atoms with E-state index in [-0.39, 0.29) is 6.04 Å². The van der Waals surface area contributed by atoms with E-state index < -0.39 is 9.84 Å². The molecule has 20 heavy (non-hydrogen) atoms. The van der Waals surface area contributed by atoms with Gasteiger partial charge >= 0.3 is 0 Å². The summed E-state index contributed by atoms with van der Waals surface area (Å²) in [6, 6.07) is 6.95. The van der Waals surface area contributed by atoms with E-state index in [2.05, 4.69) is 13.8 Å². The number of benzene rings is 1. The molecule has 0 bridgehead atoms. The van der Waals surface area contributed by atoms with Crippen LogP contribution in [0.15, 0.2) is 29.2 Å². The lowest BCUT2D eigenvalue weighted by Crippen LogP contribution is -2.16. The van der Waals surface area contributed by atoms with Gasteiger partial charge in [0, 0.05) is 12.3 Å². The summed E-state index contributed by atoms with van der Waals surface area (Å²) < 4.78 is 23.2. The summed E-state index contributed by atoms with van der Waals surface area (Å²) in [5.74, 6) is 0.617. The Morgan fingerprint density at radius 2 is 1.95 bits per heavy atom. The van der Waals surface area contributed by atoms with E-state index in [4.69, 9.17) is 5.73 Å². The highest BCUT2D eigenvalue weighted by Gasteiger charge is 2.15. The van der Waals surface area contributed by atoms with Gasteiger partial charge in [-0.3, -0.25) is 0 Å². The first-order chi connectivity index (χ1) is 9.38.